The van der Waals surface area contributed by atoms with Gasteiger partial charge < -0.3 is 10.1 Å². The van der Waals surface area contributed by atoms with Crippen LogP contribution in [0.2, 0.25) is 4.47 Å². The zero-order valence-corrected chi connectivity index (χ0v) is 14.7. The van der Waals surface area contributed by atoms with E-state index < -0.39 is 6.36 Å². The molecule has 2 aromatic rings. The molecule has 0 radical (unpaired) electrons. The Kier molecular flexibility index (Phi) is 5.39. The van der Waals surface area contributed by atoms with Crippen molar-refractivity contribution in [2.24, 2.45) is 0 Å². The predicted molar refractivity (Wildman–Crippen MR) is 83.0 cm³/mol. The molecule has 10 heteroatoms. The van der Waals surface area contributed by atoms with E-state index in [2.05, 4.69) is 46.9 Å². The molecule has 0 fully saturated rings. The Morgan fingerprint density at radius 2 is 1.90 bits per heavy atom. The number of rotatable bonds is 4. The van der Waals surface area contributed by atoms with E-state index in [4.69, 9.17) is 11.6 Å². The first-order valence-electron chi connectivity index (χ1n) is 5.33. The molecule has 1 N–H and O–H groups in total. The molecule has 0 atom stereocenters. The Morgan fingerprint density at radius 1 is 1.29 bits per heavy atom. The van der Waals surface area contributed by atoms with Crippen LogP contribution in [0.3, 0.4) is 0 Å². The van der Waals surface area contributed by atoms with Crippen LogP contribution in [0.25, 0.3) is 0 Å². The second-order valence-corrected chi connectivity index (χ2v) is 7.15. The molecule has 0 bridgehead atoms. The second-order valence-electron chi connectivity index (χ2n) is 3.74. The summed E-state index contributed by atoms with van der Waals surface area (Å²) in [4.78, 5) is 4.80. The minimum Gasteiger partial charge on any atom is -0.406 e. The topological polar surface area (TPSA) is 34.1 Å². The standard InChI is InChI=1S/C11H6Br2ClF3N2OS/c12-7-1-5(20-11(15,16)17)2-8(13)9(7)18-3-6-4-19-10(14)21-6/h1-2,4,18H,3H2. The lowest BCUT2D eigenvalue weighted by molar-refractivity contribution is -0.274. The van der Waals surface area contributed by atoms with Crippen LogP contribution in [0.4, 0.5) is 18.9 Å². The van der Waals surface area contributed by atoms with Gasteiger partial charge in [-0.1, -0.05) is 11.6 Å². The molecule has 0 saturated carbocycles. The van der Waals surface area contributed by atoms with Crippen LogP contribution in [0.1, 0.15) is 4.88 Å². The Balaban J connectivity index is 2.13. The molecule has 3 nitrogen and oxygen atoms in total. The van der Waals surface area contributed by atoms with Gasteiger partial charge in [-0.2, -0.15) is 0 Å². The third kappa shape index (κ3) is 5.01. The predicted octanol–water partition coefficient (Wildman–Crippen LogP) is 5.83. The number of halogens is 6. The van der Waals surface area contributed by atoms with E-state index in [1.54, 1.807) is 6.20 Å². The summed E-state index contributed by atoms with van der Waals surface area (Å²) in [5, 5.41) is 3.08. The maximum absolute atomic E-state index is 12.2. The Hall–Kier alpha value is -0.510. The van der Waals surface area contributed by atoms with Crippen LogP contribution in [-0.2, 0) is 6.54 Å². The maximum atomic E-state index is 12.2. The van der Waals surface area contributed by atoms with Gasteiger partial charge in [-0.25, -0.2) is 4.98 Å². The summed E-state index contributed by atoms with van der Waals surface area (Å²) in [6.07, 6.45) is -3.10. The van der Waals surface area contributed by atoms with E-state index in [-0.39, 0.29) is 5.75 Å². The van der Waals surface area contributed by atoms with Gasteiger partial charge in [0.2, 0.25) is 0 Å². The zero-order chi connectivity index (χ0) is 15.6. The van der Waals surface area contributed by atoms with Gasteiger partial charge in [0.25, 0.3) is 0 Å². The van der Waals surface area contributed by atoms with Crippen LogP contribution in [-0.4, -0.2) is 11.3 Å². The number of aromatic nitrogens is 1. The molecule has 0 saturated heterocycles. The Labute approximate surface area is 143 Å². The van der Waals surface area contributed by atoms with E-state index in [1.165, 1.54) is 23.5 Å². The number of thiazole rings is 1. The average Bonchev–Trinajstić information content (AvgIpc) is 2.71. The molecular weight excluding hydrogens is 460 g/mol. The lowest BCUT2D eigenvalue weighted by Crippen LogP contribution is -2.17. The number of benzene rings is 1. The molecule has 1 aromatic heterocycles. The number of alkyl halides is 3. The van der Waals surface area contributed by atoms with E-state index in [0.29, 0.717) is 25.6 Å². The second kappa shape index (κ2) is 6.72. The molecule has 0 amide bonds. The third-order valence-electron chi connectivity index (χ3n) is 2.21. The monoisotopic (exact) mass is 464 g/mol. The minimum absolute atomic E-state index is 0.312. The van der Waals surface area contributed by atoms with Gasteiger partial charge in [-0.15, -0.1) is 24.5 Å². The van der Waals surface area contributed by atoms with Gasteiger partial charge >= 0.3 is 6.36 Å². The molecule has 0 aliphatic rings. The first kappa shape index (κ1) is 16.9. The SMILES string of the molecule is FC(F)(F)Oc1cc(Br)c(NCc2cnc(Cl)s2)c(Br)c1. The van der Waals surface area contributed by atoms with Gasteiger partial charge in [0.05, 0.1) is 12.2 Å². The normalized spacial score (nSPS) is 11.5. The van der Waals surface area contributed by atoms with Gasteiger partial charge in [0, 0.05) is 20.0 Å². The summed E-state index contributed by atoms with van der Waals surface area (Å²) in [7, 11) is 0. The van der Waals surface area contributed by atoms with Crippen LogP contribution >= 0.6 is 54.8 Å². The highest BCUT2D eigenvalue weighted by atomic mass is 79.9. The number of ether oxygens (including phenoxy) is 1. The summed E-state index contributed by atoms with van der Waals surface area (Å²) in [6, 6.07) is 2.47. The van der Waals surface area contributed by atoms with E-state index in [1.807, 2.05) is 0 Å². The number of nitrogens with zero attached hydrogens (tertiary/aromatic N) is 1. The largest absolute Gasteiger partial charge is 0.573 e. The van der Waals surface area contributed by atoms with Gasteiger partial charge in [-0.05, 0) is 44.0 Å². The van der Waals surface area contributed by atoms with Crippen molar-refractivity contribution in [3.63, 3.8) is 0 Å². The molecule has 2 rings (SSSR count). The highest BCUT2D eigenvalue weighted by Gasteiger charge is 2.31. The minimum atomic E-state index is -4.73. The number of hydrogen-bond acceptors (Lipinski definition) is 4. The summed E-state index contributed by atoms with van der Waals surface area (Å²) in [5.41, 5.74) is 0.606. The lowest BCUT2D eigenvalue weighted by Gasteiger charge is -2.14. The van der Waals surface area contributed by atoms with Crippen molar-refractivity contribution in [2.45, 2.75) is 12.9 Å². The average molecular weight is 467 g/mol. The van der Waals surface area contributed by atoms with Crippen molar-refractivity contribution in [3.05, 3.63) is 36.6 Å². The summed E-state index contributed by atoms with van der Waals surface area (Å²) in [5.74, 6) is -0.312. The number of hydrogen-bond donors (Lipinski definition) is 1. The van der Waals surface area contributed by atoms with Crippen molar-refractivity contribution in [1.29, 1.82) is 0 Å². The van der Waals surface area contributed by atoms with Gasteiger partial charge in [0.1, 0.15) is 5.75 Å². The highest BCUT2D eigenvalue weighted by Crippen LogP contribution is 2.37. The van der Waals surface area contributed by atoms with Crippen LogP contribution in [0, 0.1) is 0 Å². The van der Waals surface area contributed by atoms with Crippen molar-refractivity contribution in [1.82, 2.24) is 4.98 Å². The molecule has 0 unspecified atom stereocenters. The molecule has 1 heterocycles. The molecular formula is C11H6Br2ClF3N2OS. The van der Waals surface area contributed by atoms with E-state index in [0.717, 1.165) is 4.88 Å². The maximum Gasteiger partial charge on any atom is 0.573 e. The molecule has 0 aliphatic carbocycles. The first-order valence-corrected chi connectivity index (χ1v) is 8.11. The zero-order valence-electron chi connectivity index (χ0n) is 9.97. The first-order chi connectivity index (χ1) is 9.74. The van der Waals surface area contributed by atoms with Gasteiger partial charge in [-0.3, -0.25) is 0 Å². The van der Waals surface area contributed by atoms with Crippen LogP contribution in [0.15, 0.2) is 27.3 Å². The molecule has 0 aliphatic heterocycles. The van der Waals surface area contributed by atoms with Gasteiger partial charge in [0.15, 0.2) is 4.47 Å². The summed E-state index contributed by atoms with van der Waals surface area (Å²) >= 11 is 13.5. The Bertz CT molecular complexity index is 628. The molecule has 21 heavy (non-hydrogen) atoms. The lowest BCUT2D eigenvalue weighted by atomic mass is 10.3. The van der Waals surface area contributed by atoms with Crippen LogP contribution in [0.5, 0.6) is 5.75 Å². The highest BCUT2D eigenvalue weighted by molar-refractivity contribution is 9.11. The molecule has 114 valence electrons. The third-order valence-corrected chi connectivity index (χ3v) is 4.58. The van der Waals surface area contributed by atoms with Crippen molar-refractivity contribution in [3.8, 4) is 5.75 Å². The number of anilines is 1. The fourth-order valence-electron chi connectivity index (χ4n) is 1.45. The smallest absolute Gasteiger partial charge is 0.406 e. The Morgan fingerprint density at radius 3 is 2.38 bits per heavy atom. The fourth-order valence-corrected chi connectivity index (χ4v) is 3.79. The number of nitrogens with one attached hydrogen (secondary N) is 1. The quantitative estimate of drug-likeness (QED) is 0.616. The fraction of sp³-hybridized carbons (Fsp3) is 0.182. The van der Waals surface area contributed by atoms with Crippen molar-refractivity contribution in [2.75, 3.05) is 5.32 Å². The molecule has 1 aromatic carbocycles. The van der Waals surface area contributed by atoms with Crippen molar-refractivity contribution >= 4 is 60.5 Å². The van der Waals surface area contributed by atoms with Crippen molar-refractivity contribution < 1.29 is 17.9 Å². The summed E-state index contributed by atoms with van der Waals surface area (Å²) < 4.78 is 41.7. The van der Waals surface area contributed by atoms with E-state index in [9.17, 15) is 13.2 Å². The van der Waals surface area contributed by atoms with E-state index >= 15 is 0 Å². The molecule has 0 spiro atoms. The van der Waals surface area contributed by atoms with Crippen LogP contribution < -0.4 is 10.1 Å². The summed E-state index contributed by atoms with van der Waals surface area (Å²) in [6.45, 7) is 0.445.